The van der Waals surface area contributed by atoms with E-state index in [0.717, 1.165) is 31.8 Å². The van der Waals surface area contributed by atoms with Crippen LogP contribution in [0.3, 0.4) is 0 Å². The lowest BCUT2D eigenvalue weighted by molar-refractivity contribution is -0.127. The number of hydrogen-bond acceptors (Lipinski definition) is 3. The van der Waals surface area contributed by atoms with Crippen LogP contribution >= 0.6 is 12.4 Å². The number of rotatable bonds is 7. The number of aryl methyl sites for hydroxylation is 1. The molecule has 1 aromatic carbocycles. The van der Waals surface area contributed by atoms with Crippen molar-refractivity contribution in [3.8, 4) is 5.75 Å². The largest absolute Gasteiger partial charge is 0.481 e. The van der Waals surface area contributed by atoms with Crippen LogP contribution < -0.4 is 15.4 Å². The lowest BCUT2D eigenvalue weighted by Crippen LogP contribution is -2.37. The first-order valence-electron chi connectivity index (χ1n) is 8.73. The van der Waals surface area contributed by atoms with Gasteiger partial charge in [0.2, 0.25) is 0 Å². The monoisotopic (exact) mass is 354 g/mol. The Morgan fingerprint density at radius 2 is 2.12 bits per heavy atom. The van der Waals surface area contributed by atoms with Crippen molar-refractivity contribution >= 4 is 18.3 Å². The molecule has 4 nitrogen and oxygen atoms in total. The molecule has 1 aliphatic rings. The van der Waals surface area contributed by atoms with Crippen molar-refractivity contribution in [2.45, 2.75) is 52.6 Å². The Morgan fingerprint density at radius 1 is 1.38 bits per heavy atom. The summed E-state index contributed by atoms with van der Waals surface area (Å²) in [4.78, 5) is 12.1. The van der Waals surface area contributed by atoms with Crippen LogP contribution in [0, 0.1) is 12.8 Å². The molecule has 1 saturated heterocycles. The van der Waals surface area contributed by atoms with Gasteiger partial charge >= 0.3 is 0 Å². The second-order valence-corrected chi connectivity index (χ2v) is 6.87. The molecule has 0 aromatic heterocycles. The standard InChI is InChI=1S/C19H30N2O2.ClH/c1-13(2)18-6-5-17(11-14(18)3)23-15(4)19(22)21-10-8-16-7-9-20-12-16;/h5-6,11,13,15-16,20H,7-10,12H2,1-4H3,(H,21,22);1H. The molecule has 5 heteroatoms. The van der Waals surface area contributed by atoms with E-state index in [-0.39, 0.29) is 18.3 Å². The lowest BCUT2D eigenvalue weighted by atomic mass is 9.98. The van der Waals surface area contributed by atoms with Gasteiger partial charge < -0.3 is 15.4 Å². The Balaban J connectivity index is 0.00000288. The average molecular weight is 355 g/mol. The Kier molecular flexibility index (Phi) is 8.57. The van der Waals surface area contributed by atoms with Crippen molar-refractivity contribution in [2.75, 3.05) is 19.6 Å². The molecule has 2 N–H and O–H groups in total. The smallest absolute Gasteiger partial charge is 0.260 e. The zero-order valence-electron chi connectivity index (χ0n) is 15.2. The first-order valence-corrected chi connectivity index (χ1v) is 8.73. The van der Waals surface area contributed by atoms with Crippen molar-refractivity contribution < 1.29 is 9.53 Å². The quantitative estimate of drug-likeness (QED) is 0.788. The summed E-state index contributed by atoms with van der Waals surface area (Å²) in [5.74, 6) is 1.91. The van der Waals surface area contributed by atoms with Gasteiger partial charge in [-0.05, 0) is 74.9 Å². The van der Waals surface area contributed by atoms with Crippen LogP contribution in [0.1, 0.15) is 50.7 Å². The van der Waals surface area contributed by atoms with Gasteiger partial charge in [0, 0.05) is 6.54 Å². The van der Waals surface area contributed by atoms with Crippen molar-refractivity contribution in [3.63, 3.8) is 0 Å². The predicted molar refractivity (Wildman–Crippen MR) is 101 cm³/mol. The van der Waals surface area contributed by atoms with Gasteiger partial charge in [0.1, 0.15) is 5.75 Å². The summed E-state index contributed by atoms with van der Waals surface area (Å²) in [5, 5.41) is 6.33. The van der Waals surface area contributed by atoms with E-state index in [9.17, 15) is 4.79 Å². The Labute approximate surface area is 152 Å². The molecule has 0 bridgehead atoms. The third-order valence-corrected chi connectivity index (χ3v) is 4.56. The van der Waals surface area contributed by atoms with E-state index in [1.165, 1.54) is 17.5 Å². The summed E-state index contributed by atoms with van der Waals surface area (Å²) in [7, 11) is 0. The Hall–Kier alpha value is -1.26. The lowest BCUT2D eigenvalue weighted by Gasteiger charge is -2.17. The first-order chi connectivity index (χ1) is 11.0. The highest BCUT2D eigenvalue weighted by atomic mass is 35.5. The number of amides is 1. The van der Waals surface area contributed by atoms with Crippen molar-refractivity contribution in [1.29, 1.82) is 0 Å². The molecule has 1 amide bonds. The highest BCUT2D eigenvalue weighted by Gasteiger charge is 2.17. The number of halogens is 1. The third kappa shape index (κ3) is 5.99. The van der Waals surface area contributed by atoms with Gasteiger partial charge in [-0.3, -0.25) is 4.79 Å². The average Bonchev–Trinajstić information content (AvgIpc) is 3.00. The summed E-state index contributed by atoms with van der Waals surface area (Å²) in [6.07, 6.45) is 1.78. The van der Waals surface area contributed by atoms with Crippen LogP contribution in [0.5, 0.6) is 5.75 Å². The van der Waals surface area contributed by atoms with E-state index in [1.807, 2.05) is 12.1 Å². The second-order valence-electron chi connectivity index (χ2n) is 6.87. The van der Waals surface area contributed by atoms with Gasteiger partial charge in [-0.25, -0.2) is 0 Å². The van der Waals surface area contributed by atoms with Gasteiger partial charge in [-0.2, -0.15) is 0 Å². The summed E-state index contributed by atoms with van der Waals surface area (Å²) in [6.45, 7) is 11.1. The Morgan fingerprint density at radius 3 is 2.71 bits per heavy atom. The molecule has 136 valence electrons. The Bertz CT molecular complexity index is 528. The van der Waals surface area contributed by atoms with E-state index in [1.54, 1.807) is 6.92 Å². The van der Waals surface area contributed by atoms with E-state index >= 15 is 0 Å². The SMILES string of the molecule is Cc1cc(OC(C)C(=O)NCCC2CCNC2)ccc1C(C)C.Cl. The van der Waals surface area contributed by atoms with Crippen LogP contribution in [0.15, 0.2) is 18.2 Å². The van der Waals surface area contributed by atoms with E-state index in [0.29, 0.717) is 11.8 Å². The van der Waals surface area contributed by atoms with Crippen LogP contribution in [-0.4, -0.2) is 31.6 Å². The minimum Gasteiger partial charge on any atom is -0.481 e. The number of nitrogens with one attached hydrogen (secondary N) is 2. The molecule has 1 fully saturated rings. The number of carbonyl (C=O) groups excluding carboxylic acids is 1. The summed E-state index contributed by atoms with van der Waals surface area (Å²) >= 11 is 0. The fourth-order valence-electron chi connectivity index (χ4n) is 3.13. The van der Waals surface area contributed by atoms with Crippen molar-refractivity contribution in [3.05, 3.63) is 29.3 Å². The molecule has 2 rings (SSSR count). The van der Waals surface area contributed by atoms with E-state index in [2.05, 4.69) is 37.5 Å². The molecular formula is C19H31ClN2O2. The van der Waals surface area contributed by atoms with Gasteiger partial charge in [-0.1, -0.05) is 19.9 Å². The van der Waals surface area contributed by atoms with Crippen LogP contribution in [0.2, 0.25) is 0 Å². The summed E-state index contributed by atoms with van der Waals surface area (Å²) in [6, 6.07) is 6.06. The summed E-state index contributed by atoms with van der Waals surface area (Å²) < 4.78 is 5.79. The molecular weight excluding hydrogens is 324 g/mol. The fraction of sp³-hybridized carbons (Fsp3) is 0.632. The molecule has 2 atom stereocenters. The molecule has 0 spiro atoms. The van der Waals surface area contributed by atoms with E-state index in [4.69, 9.17) is 4.74 Å². The molecule has 24 heavy (non-hydrogen) atoms. The number of carbonyl (C=O) groups is 1. The minimum absolute atomic E-state index is 0. The van der Waals surface area contributed by atoms with Crippen LogP contribution in [0.25, 0.3) is 0 Å². The zero-order chi connectivity index (χ0) is 16.8. The zero-order valence-corrected chi connectivity index (χ0v) is 16.0. The second kappa shape index (κ2) is 9.90. The van der Waals surface area contributed by atoms with E-state index < -0.39 is 6.10 Å². The normalized spacial score (nSPS) is 18.1. The number of ether oxygens (including phenoxy) is 1. The summed E-state index contributed by atoms with van der Waals surface area (Å²) in [5.41, 5.74) is 2.53. The number of benzene rings is 1. The first kappa shape index (κ1) is 20.8. The van der Waals surface area contributed by atoms with Crippen molar-refractivity contribution in [1.82, 2.24) is 10.6 Å². The molecule has 1 heterocycles. The minimum atomic E-state index is -0.471. The molecule has 1 aliphatic heterocycles. The van der Waals surface area contributed by atoms with Gasteiger partial charge in [0.05, 0.1) is 0 Å². The molecule has 0 aliphatic carbocycles. The van der Waals surface area contributed by atoms with Gasteiger partial charge in [0.25, 0.3) is 5.91 Å². The maximum absolute atomic E-state index is 12.1. The maximum atomic E-state index is 12.1. The molecule has 0 saturated carbocycles. The fourth-order valence-corrected chi connectivity index (χ4v) is 3.13. The maximum Gasteiger partial charge on any atom is 0.260 e. The number of hydrogen-bond donors (Lipinski definition) is 2. The predicted octanol–water partition coefficient (Wildman–Crippen LogP) is 3.42. The molecule has 1 aromatic rings. The third-order valence-electron chi connectivity index (χ3n) is 4.56. The highest BCUT2D eigenvalue weighted by Crippen LogP contribution is 2.24. The molecule has 2 unspecified atom stereocenters. The van der Waals surface area contributed by atoms with Crippen LogP contribution in [-0.2, 0) is 4.79 Å². The topological polar surface area (TPSA) is 50.4 Å². The van der Waals surface area contributed by atoms with Crippen LogP contribution in [0.4, 0.5) is 0 Å². The molecule has 0 radical (unpaired) electrons. The van der Waals surface area contributed by atoms with Crippen molar-refractivity contribution in [2.24, 2.45) is 5.92 Å². The van der Waals surface area contributed by atoms with Gasteiger partial charge in [0.15, 0.2) is 6.10 Å². The van der Waals surface area contributed by atoms with Gasteiger partial charge in [-0.15, -0.1) is 12.4 Å². The highest BCUT2D eigenvalue weighted by molar-refractivity contribution is 5.85.